The first-order valence-corrected chi connectivity index (χ1v) is 7.50. The van der Waals surface area contributed by atoms with Crippen LogP contribution in [0.25, 0.3) is 0 Å². The van der Waals surface area contributed by atoms with E-state index in [-0.39, 0.29) is 39.4 Å². The Morgan fingerprint density at radius 1 is 0.429 bits per heavy atom. The van der Waals surface area contributed by atoms with Crippen LogP contribution in [0, 0.1) is 60.7 Å². The molecule has 0 bridgehead atoms. The summed E-state index contributed by atoms with van der Waals surface area (Å²) >= 11 is 0. The molecule has 0 amide bonds. The Morgan fingerprint density at radius 3 is 0.829 bits per heavy atom. The van der Waals surface area contributed by atoms with Crippen LogP contribution in [0.15, 0.2) is 12.1 Å². The van der Waals surface area contributed by atoms with Crippen molar-refractivity contribution in [2.75, 3.05) is 0 Å². The van der Waals surface area contributed by atoms with Crippen LogP contribution in [0.5, 0.6) is 23.0 Å². The third-order valence-electron chi connectivity index (χ3n) is 3.47. The fourth-order valence-corrected chi connectivity index (χ4v) is 2.18. The molecule has 0 aliphatic rings. The number of hydrogen-bond donors (Lipinski definition) is 0. The summed E-state index contributed by atoms with van der Waals surface area (Å²) in [6, 6.07) is 0.162. The summed E-state index contributed by atoms with van der Waals surface area (Å²) in [6.45, 7) is 0. The number of benzene rings is 2. The van der Waals surface area contributed by atoms with Gasteiger partial charge in [0.2, 0.25) is 0 Å². The molecular formula is C12H2N6O16Pb-4. The monoisotopic (exact) mass is 694 g/mol. The fraction of sp³-hybridized carbons (Fsp3) is 0. The second-order valence-corrected chi connectivity index (χ2v) is 5.38. The van der Waals surface area contributed by atoms with E-state index < -0.39 is 86.7 Å². The molecule has 0 saturated heterocycles. The third kappa shape index (κ3) is 6.06. The Kier molecular flexibility index (Phi) is 9.59. The molecule has 0 atom stereocenters. The molecule has 0 aromatic heterocycles. The van der Waals surface area contributed by atoms with Gasteiger partial charge in [0, 0.05) is 39.4 Å². The Balaban J connectivity index is 0.000000642. The predicted octanol–water partition coefficient (Wildman–Crippen LogP) is -1.26. The minimum absolute atomic E-state index is 0. The average molecular weight is 693 g/mol. The van der Waals surface area contributed by atoms with Crippen LogP contribution in [0.3, 0.4) is 0 Å². The van der Waals surface area contributed by atoms with Gasteiger partial charge in [-0.15, -0.1) is 0 Å². The summed E-state index contributed by atoms with van der Waals surface area (Å²) in [5, 5.41) is 107. The normalized spacial score (nSPS) is 9.60. The molecule has 0 fully saturated rings. The second kappa shape index (κ2) is 11.2. The van der Waals surface area contributed by atoms with Gasteiger partial charge in [-0.05, 0) is 11.5 Å². The van der Waals surface area contributed by atoms with E-state index in [1.165, 1.54) is 0 Å². The summed E-state index contributed by atoms with van der Waals surface area (Å²) < 4.78 is 0. The van der Waals surface area contributed by atoms with Gasteiger partial charge in [-0.25, -0.2) is 0 Å². The number of hydrogen-bond acceptors (Lipinski definition) is 16. The maximum Gasteiger partial charge on any atom is 0.345 e. The van der Waals surface area contributed by atoms with Gasteiger partial charge in [-0.2, -0.15) is 0 Å². The first-order valence-electron chi connectivity index (χ1n) is 7.50. The SMILES string of the molecule is O=[N+]([O-])c1cc([O-])c([N+](=O)[O-])c([O-])c1[N+](=O)[O-].O=[N+]([O-])c1cc([O-])c([N+](=O)[O-])c([O-])c1[N+](=O)[O-].[Pb]. The summed E-state index contributed by atoms with van der Waals surface area (Å²) in [6.07, 6.45) is 0. The van der Waals surface area contributed by atoms with Crippen LogP contribution in [-0.2, 0) is 0 Å². The van der Waals surface area contributed by atoms with Gasteiger partial charge in [0.25, 0.3) is 11.4 Å². The number of nitrogens with zero attached hydrogens (tertiary/aromatic N) is 6. The van der Waals surface area contributed by atoms with Crippen LogP contribution in [0.1, 0.15) is 0 Å². The van der Waals surface area contributed by atoms with Crippen molar-refractivity contribution in [2.45, 2.75) is 0 Å². The maximum absolute atomic E-state index is 11.2. The van der Waals surface area contributed by atoms with E-state index in [2.05, 4.69) is 0 Å². The van der Waals surface area contributed by atoms with Crippen LogP contribution >= 0.6 is 0 Å². The second-order valence-electron chi connectivity index (χ2n) is 5.38. The van der Waals surface area contributed by atoms with Crippen molar-refractivity contribution in [3.05, 3.63) is 72.8 Å². The molecule has 0 heterocycles. The quantitative estimate of drug-likeness (QED) is 0.193. The van der Waals surface area contributed by atoms with E-state index in [1.807, 2.05) is 0 Å². The zero-order chi connectivity index (χ0) is 26.7. The zero-order valence-electron chi connectivity index (χ0n) is 15.9. The Morgan fingerprint density at radius 2 is 0.657 bits per heavy atom. The van der Waals surface area contributed by atoms with Crippen molar-refractivity contribution in [2.24, 2.45) is 0 Å². The first-order chi connectivity index (χ1) is 15.5. The van der Waals surface area contributed by atoms with E-state index in [0.717, 1.165) is 0 Å². The topological polar surface area (TPSA) is 351 Å². The van der Waals surface area contributed by atoms with Gasteiger partial charge >= 0.3 is 22.7 Å². The summed E-state index contributed by atoms with van der Waals surface area (Å²) in [7, 11) is 0. The van der Waals surface area contributed by atoms with Crippen molar-refractivity contribution >= 4 is 61.4 Å². The maximum atomic E-state index is 11.2. The Bertz CT molecular complexity index is 1180. The summed E-state index contributed by atoms with van der Waals surface area (Å²) in [4.78, 5) is 53.8. The van der Waals surface area contributed by atoms with Crippen molar-refractivity contribution in [3.8, 4) is 23.0 Å². The smallest absolute Gasteiger partial charge is 0.345 e. The predicted molar refractivity (Wildman–Crippen MR) is 96.3 cm³/mol. The minimum atomic E-state index is -1.88. The van der Waals surface area contributed by atoms with Crippen molar-refractivity contribution < 1.29 is 50.0 Å². The first kappa shape index (κ1) is 30.0. The standard InChI is InChI=1S/2C6H3N3O8.Pb/c2*10-3-1-2(7(12)13)4(8(14)15)6(11)5(3)9(16)17;/h2*1,10-11H;/p-4. The Labute approximate surface area is 207 Å². The molecule has 0 aliphatic carbocycles. The molecule has 2 aromatic rings. The molecule has 0 unspecified atom stereocenters. The largest absolute Gasteiger partial charge is 0.868 e. The minimum Gasteiger partial charge on any atom is -0.868 e. The van der Waals surface area contributed by atoms with E-state index in [0.29, 0.717) is 0 Å². The molecule has 23 heteroatoms. The van der Waals surface area contributed by atoms with Crippen molar-refractivity contribution in [1.82, 2.24) is 0 Å². The molecule has 0 spiro atoms. The van der Waals surface area contributed by atoms with Crippen LogP contribution in [0.4, 0.5) is 34.1 Å². The molecule has 2 rings (SSSR count). The molecular weight excluding hydrogens is 691 g/mol. The van der Waals surface area contributed by atoms with Crippen molar-refractivity contribution in [1.29, 1.82) is 0 Å². The van der Waals surface area contributed by atoms with Crippen molar-refractivity contribution in [3.63, 3.8) is 0 Å². The molecule has 22 nitrogen and oxygen atoms in total. The molecule has 2 aromatic carbocycles. The van der Waals surface area contributed by atoms with E-state index in [1.54, 1.807) is 0 Å². The van der Waals surface area contributed by atoms with Gasteiger partial charge in [-0.3, -0.25) is 60.7 Å². The van der Waals surface area contributed by atoms with Crippen LogP contribution < -0.4 is 20.4 Å². The van der Waals surface area contributed by atoms with Crippen LogP contribution in [-0.4, -0.2) is 56.8 Å². The number of nitro groups is 6. The number of rotatable bonds is 6. The summed E-state index contributed by atoms with van der Waals surface area (Å²) in [5.74, 6) is -6.84. The van der Waals surface area contributed by atoms with Crippen LogP contribution in [0.2, 0.25) is 0 Å². The zero-order valence-corrected chi connectivity index (χ0v) is 19.8. The molecule has 35 heavy (non-hydrogen) atoms. The molecule has 0 N–H and O–H groups in total. The molecule has 0 aliphatic heterocycles. The molecule has 0 saturated carbocycles. The fourth-order valence-electron chi connectivity index (χ4n) is 2.18. The molecule has 4 radical (unpaired) electrons. The van der Waals surface area contributed by atoms with E-state index >= 15 is 0 Å². The van der Waals surface area contributed by atoms with Gasteiger partial charge in [0.15, 0.2) is 0 Å². The van der Waals surface area contributed by atoms with E-state index in [9.17, 15) is 81.1 Å². The van der Waals surface area contributed by atoms with Gasteiger partial charge in [0.1, 0.15) is 0 Å². The van der Waals surface area contributed by atoms with E-state index in [4.69, 9.17) is 0 Å². The average Bonchev–Trinajstić information content (AvgIpc) is 2.65. The Hall–Kier alpha value is -5.04. The van der Waals surface area contributed by atoms with Gasteiger partial charge < -0.3 is 20.4 Å². The third-order valence-corrected chi connectivity index (χ3v) is 3.47. The summed E-state index contributed by atoms with van der Waals surface area (Å²) in [5.41, 5.74) is -9.08. The van der Waals surface area contributed by atoms with Gasteiger partial charge in [-0.1, -0.05) is 0 Å². The van der Waals surface area contributed by atoms with Gasteiger partial charge in [0.05, 0.1) is 41.0 Å². The number of nitro benzene ring substituents is 6. The molecule has 184 valence electrons.